The molecule has 2 rings (SSSR count). The Morgan fingerprint density at radius 3 is 2.13 bits per heavy atom. The summed E-state index contributed by atoms with van der Waals surface area (Å²) in [6.45, 7) is 16.3. The van der Waals surface area contributed by atoms with Crippen molar-refractivity contribution in [3.8, 4) is 0 Å². The number of aliphatic hydroxyl groups excluding tert-OH is 1. The lowest BCUT2D eigenvalue weighted by Crippen LogP contribution is -2.55. The lowest BCUT2D eigenvalue weighted by atomic mass is 9.93. The van der Waals surface area contributed by atoms with E-state index in [2.05, 4.69) is 10.6 Å². The third-order valence-corrected chi connectivity index (χ3v) is 6.78. The summed E-state index contributed by atoms with van der Waals surface area (Å²) < 4.78 is 5.43. The fourth-order valence-electron chi connectivity index (χ4n) is 4.56. The summed E-state index contributed by atoms with van der Waals surface area (Å²) in [4.78, 5) is 42.3. The highest BCUT2D eigenvalue weighted by atomic mass is 16.6. The number of carbonyl (C=O) groups excluding carboxylic acids is 3. The van der Waals surface area contributed by atoms with Gasteiger partial charge in [-0.2, -0.15) is 0 Å². The van der Waals surface area contributed by atoms with E-state index in [1.54, 1.807) is 20.8 Å². The number of anilines is 1. The summed E-state index contributed by atoms with van der Waals surface area (Å²) in [5.74, 6) is -1.13. The Labute approximate surface area is 233 Å². The van der Waals surface area contributed by atoms with Gasteiger partial charge in [0.25, 0.3) is 5.91 Å². The Bertz CT molecular complexity index is 1150. The lowest BCUT2D eigenvalue weighted by Gasteiger charge is -2.36. The summed E-state index contributed by atoms with van der Waals surface area (Å²) in [7, 11) is 0. The summed E-state index contributed by atoms with van der Waals surface area (Å²) in [5.41, 5.74) is 4.23. The Morgan fingerprint density at radius 2 is 1.62 bits per heavy atom. The zero-order chi connectivity index (χ0) is 29.5. The van der Waals surface area contributed by atoms with Crippen LogP contribution in [-0.2, 0) is 14.3 Å². The van der Waals surface area contributed by atoms with E-state index in [-0.39, 0.29) is 19.1 Å². The molecule has 0 aromatic heterocycles. The van der Waals surface area contributed by atoms with Gasteiger partial charge in [0.05, 0.1) is 6.61 Å². The lowest BCUT2D eigenvalue weighted by molar-refractivity contribution is -0.142. The maximum Gasteiger partial charge on any atom is 0.408 e. The molecule has 39 heavy (non-hydrogen) atoms. The van der Waals surface area contributed by atoms with Gasteiger partial charge in [-0.05, 0) is 76.6 Å². The predicted molar refractivity (Wildman–Crippen MR) is 155 cm³/mol. The highest BCUT2D eigenvalue weighted by Crippen LogP contribution is 2.30. The topological polar surface area (TPSA) is 108 Å². The maximum absolute atomic E-state index is 14.2. The molecule has 0 saturated heterocycles. The molecule has 0 bridgehead atoms. The third-order valence-electron chi connectivity index (χ3n) is 6.78. The van der Waals surface area contributed by atoms with E-state index in [1.165, 1.54) is 4.90 Å². The van der Waals surface area contributed by atoms with Crippen LogP contribution < -0.4 is 10.6 Å². The zero-order valence-corrected chi connectivity index (χ0v) is 24.8. The number of rotatable bonds is 10. The normalized spacial score (nSPS) is 13.7. The minimum atomic E-state index is -1.05. The average molecular weight is 540 g/mol. The summed E-state index contributed by atoms with van der Waals surface area (Å²) in [6.07, 6.45) is -0.115. The SMILES string of the molecule is CCC(C)C(NC(=O)OC(C)(C)C)C(=O)N(CCO)C(C(=O)Nc1c(C)cccc1C)c1ccc(C)cc1C. The molecule has 0 heterocycles. The van der Waals surface area contributed by atoms with Crippen LogP contribution in [0.2, 0.25) is 0 Å². The van der Waals surface area contributed by atoms with Gasteiger partial charge in [-0.25, -0.2) is 4.79 Å². The van der Waals surface area contributed by atoms with Crippen molar-refractivity contribution in [3.63, 3.8) is 0 Å². The molecule has 3 unspecified atom stereocenters. The fraction of sp³-hybridized carbons (Fsp3) is 0.516. The predicted octanol–water partition coefficient (Wildman–Crippen LogP) is 5.36. The summed E-state index contributed by atoms with van der Waals surface area (Å²) in [5, 5.41) is 15.8. The molecule has 3 amide bonds. The van der Waals surface area contributed by atoms with E-state index in [0.29, 0.717) is 17.7 Å². The number of nitrogens with zero attached hydrogens (tertiary/aromatic N) is 1. The van der Waals surface area contributed by atoms with Gasteiger partial charge in [-0.3, -0.25) is 9.59 Å². The van der Waals surface area contributed by atoms with Crippen LogP contribution in [0.1, 0.15) is 74.9 Å². The van der Waals surface area contributed by atoms with Gasteiger partial charge in [0, 0.05) is 12.2 Å². The molecule has 8 heteroatoms. The second kappa shape index (κ2) is 13.6. The molecule has 214 valence electrons. The van der Waals surface area contributed by atoms with Gasteiger partial charge >= 0.3 is 6.09 Å². The number of amides is 3. The molecule has 0 fully saturated rings. The molecule has 0 spiro atoms. The Morgan fingerprint density at radius 1 is 1.00 bits per heavy atom. The molecule has 0 radical (unpaired) electrons. The number of benzene rings is 2. The Kier molecular flexibility index (Phi) is 11.1. The zero-order valence-electron chi connectivity index (χ0n) is 24.8. The van der Waals surface area contributed by atoms with Crippen molar-refractivity contribution in [3.05, 3.63) is 64.2 Å². The van der Waals surface area contributed by atoms with Gasteiger partial charge in [0.1, 0.15) is 17.7 Å². The Balaban J connectivity index is 2.61. The van der Waals surface area contributed by atoms with E-state index in [0.717, 1.165) is 22.3 Å². The molecule has 2 aromatic rings. The van der Waals surface area contributed by atoms with Crippen LogP contribution in [0, 0.1) is 33.6 Å². The van der Waals surface area contributed by atoms with Crippen LogP contribution in [0.3, 0.4) is 0 Å². The number of para-hydroxylation sites is 1. The average Bonchev–Trinajstić information content (AvgIpc) is 2.83. The van der Waals surface area contributed by atoms with Gasteiger partial charge < -0.3 is 25.4 Å². The minimum Gasteiger partial charge on any atom is -0.444 e. The third kappa shape index (κ3) is 8.55. The van der Waals surface area contributed by atoms with Crippen LogP contribution in [0.15, 0.2) is 36.4 Å². The smallest absolute Gasteiger partial charge is 0.408 e. The summed E-state index contributed by atoms with van der Waals surface area (Å²) >= 11 is 0. The fourth-order valence-corrected chi connectivity index (χ4v) is 4.56. The Hall–Kier alpha value is -3.39. The summed E-state index contributed by atoms with van der Waals surface area (Å²) in [6, 6.07) is 9.44. The number of ether oxygens (including phenoxy) is 1. The second-order valence-corrected chi connectivity index (χ2v) is 11.3. The van der Waals surface area contributed by atoms with E-state index in [1.807, 2.05) is 77.9 Å². The first-order chi connectivity index (χ1) is 18.2. The highest BCUT2D eigenvalue weighted by Gasteiger charge is 2.38. The monoisotopic (exact) mass is 539 g/mol. The minimum absolute atomic E-state index is 0.0973. The number of hydrogen-bond acceptors (Lipinski definition) is 5. The molecule has 0 aliphatic carbocycles. The first kappa shape index (κ1) is 31.8. The van der Waals surface area contributed by atoms with Gasteiger partial charge in [0.2, 0.25) is 5.91 Å². The first-order valence-corrected chi connectivity index (χ1v) is 13.5. The maximum atomic E-state index is 14.2. The van der Waals surface area contributed by atoms with Gasteiger partial charge in [0.15, 0.2) is 0 Å². The van der Waals surface area contributed by atoms with Crippen LogP contribution in [0.5, 0.6) is 0 Å². The van der Waals surface area contributed by atoms with Crippen LogP contribution in [-0.4, -0.2) is 52.7 Å². The van der Waals surface area contributed by atoms with Crippen molar-refractivity contribution < 1.29 is 24.2 Å². The molecule has 3 atom stereocenters. The number of aliphatic hydroxyl groups is 1. The van der Waals surface area contributed by atoms with Crippen LogP contribution >= 0.6 is 0 Å². The second-order valence-electron chi connectivity index (χ2n) is 11.3. The van der Waals surface area contributed by atoms with Crippen molar-refractivity contribution in [1.82, 2.24) is 10.2 Å². The molecule has 0 aliphatic heterocycles. The van der Waals surface area contributed by atoms with E-state index in [9.17, 15) is 19.5 Å². The highest BCUT2D eigenvalue weighted by molar-refractivity contribution is 6.00. The van der Waals surface area contributed by atoms with E-state index < -0.39 is 35.6 Å². The first-order valence-electron chi connectivity index (χ1n) is 13.5. The van der Waals surface area contributed by atoms with Crippen molar-refractivity contribution >= 4 is 23.6 Å². The number of aryl methyl sites for hydroxylation is 4. The molecular weight excluding hydrogens is 494 g/mol. The molecule has 8 nitrogen and oxygen atoms in total. The van der Waals surface area contributed by atoms with Crippen molar-refractivity contribution in [2.24, 2.45) is 5.92 Å². The molecule has 2 aromatic carbocycles. The van der Waals surface area contributed by atoms with Gasteiger partial charge in [-0.1, -0.05) is 62.2 Å². The van der Waals surface area contributed by atoms with E-state index >= 15 is 0 Å². The van der Waals surface area contributed by atoms with Crippen molar-refractivity contribution in [2.45, 2.75) is 86.4 Å². The largest absolute Gasteiger partial charge is 0.444 e. The van der Waals surface area contributed by atoms with Crippen molar-refractivity contribution in [1.29, 1.82) is 0 Å². The van der Waals surface area contributed by atoms with Crippen molar-refractivity contribution in [2.75, 3.05) is 18.5 Å². The number of nitrogens with one attached hydrogen (secondary N) is 2. The quantitative estimate of drug-likeness (QED) is 0.377. The molecule has 3 N–H and O–H groups in total. The standard InChI is InChI=1S/C31H45N3O5/c1-10-20(3)26(33-30(38)39-31(7,8)9)29(37)34(16-17-35)27(24-15-14-19(2)18-23(24)6)28(36)32-25-21(4)12-11-13-22(25)5/h11-15,18,20,26-27,35H,10,16-17H2,1-9H3,(H,32,36)(H,33,38). The molecule has 0 aliphatic rings. The number of hydrogen-bond donors (Lipinski definition) is 3. The number of alkyl carbamates (subject to hydrolysis) is 1. The van der Waals surface area contributed by atoms with Crippen LogP contribution in [0.25, 0.3) is 0 Å². The molecular formula is C31H45N3O5. The van der Waals surface area contributed by atoms with Crippen LogP contribution in [0.4, 0.5) is 10.5 Å². The molecule has 0 saturated carbocycles. The van der Waals surface area contributed by atoms with Gasteiger partial charge in [-0.15, -0.1) is 0 Å². The van der Waals surface area contributed by atoms with E-state index in [4.69, 9.17) is 4.74 Å². The number of carbonyl (C=O) groups is 3.